The van der Waals surface area contributed by atoms with Crippen molar-refractivity contribution < 1.29 is 0 Å². The maximum Gasteiger partial charge on any atom is 0.137 e. The molecule has 1 saturated heterocycles. The van der Waals surface area contributed by atoms with E-state index in [2.05, 4.69) is 52.1 Å². The van der Waals surface area contributed by atoms with Crippen LogP contribution in [0, 0.1) is 13.8 Å². The van der Waals surface area contributed by atoms with Crippen molar-refractivity contribution in [2.75, 3.05) is 13.1 Å². The second-order valence-corrected chi connectivity index (χ2v) is 5.84. The van der Waals surface area contributed by atoms with Gasteiger partial charge in [0.05, 0.1) is 0 Å². The predicted octanol–water partition coefficient (Wildman–Crippen LogP) is 2.80. The molecule has 0 bridgehead atoms. The molecule has 0 unspecified atom stereocenters. The lowest BCUT2D eigenvalue weighted by molar-refractivity contribution is 0.202. The van der Waals surface area contributed by atoms with Crippen LogP contribution in [0.1, 0.15) is 41.3 Å². The van der Waals surface area contributed by atoms with Crippen LogP contribution in [0.3, 0.4) is 0 Å². The van der Waals surface area contributed by atoms with Gasteiger partial charge in [0.25, 0.3) is 0 Å². The molecular weight excluding hydrogens is 248 g/mol. The van der Waals surface area contributed by atoms with Crippen LogP contribution in [0.25, 0.3) is 0 Å². The monoisotopic (exact) mass is 270 g/mol. The summed E-state index contributed by atoms with van der Waals surface area (Å²) in [5.41, 5.74) is 4.18. The van der Waals surface area contributed by atoms with Gasteiger partial charge in [-0.2, -0.15) is 5.10 Å². The molecule has 1 fully saturated rings. The van der Waals surface area contributed by atoms with Gasteiger partial charge in [0.1, 0.15) is 12.2 Å². The molecule has 0 atom stereocenters. The average molecular weight is 270 g/mol. The number of hydrogen-bond acceptors (Lipinski definition) is 3. The van der Waals surface area contributed by atoms with Crippen molar-refractivity contribution in [2.45, 2.75) is 39.2 Å². The summed E-state index contributed by atoms with van der Waals surface area (Å²) in [6, 6.07) is 6.80. The lowest BCUT2D eigenvalue weighted by atomic mass is 9.95. The number of nitrogens with one attached hydrogen (secondary N) is 1. The number of piperidine rings is 1. The largest absolute Gasteiger partial charge is 0.299 e. The Morgan fingerprint density at radius 2 is 2.00 bits per heavy atom. The van der Waals surface area contributed by atoms with E-state index in [0.29, 0.717) is 5.92 Å². The van der Waals surface area contributed by atoms with Gasteiger partial charge >= 0.3 is 0 Å². The zero-order valence-corrected chi connectivity index (χ0v) is 12.3. The number of aryl methyl sites for hydroxylation is 2. The molecule has 0 amide bonds. The third-order valence-electron chi connectivity index (χ3n) is 4.39. The van der Waals surface area contributed by atoms with E-state index in [9.17, 15) is 0 Å². The first-order valence-corrected chi connectivity index (χ1v) is 7.36. The molecule has 2 heterocycles. The minimum Gasteiger partial charge on any atom is -0.299 e. The van der Waals surface area contributed by atoms with Gasteiger partial charge in [0.2, 0.25) is 0 Å². The van der Waals surface area contributed by atoms with Gasteiger partial charge in [-0.3, -0.25) is 10.00 Å². The number of likely N-dealkylation sites (tertiary alicyclic amines) is 1. The molecule has 3 rings (SSSR count). The summed E-state index contributed by atoms with van der Waals surface area (Å²) in [6.45, 7) is 7.69. The molecule has 2 aromatic rings. The molecule has 0 radical (unpaired) electrons. The summed E-state index contributed by atoms with van der Waals surface area (Å²) in [7, 11) is 0. The van der Waals surface area contributed by atoms with Gasteiger partial charge < -0.3 is 0 Å². The predicted molar refractivity (Wildman–Crippen MR) is 79.6 cm³/mol. The average Bonchev–Trinajstić information content (AvgIpc) is 2.98. The number of aromatic nitrogens is 3. The van der Waals surface area contributed by atoms with E-state index >= 15 is 0 Å². The van der Waals surface area contributed by atoms with Crippen molar-refractivity contribution in [3.63, 3.8) is 0 Å². The Hall–Kier alpha value is -1.68. The molecule has 1 N–H and O–H groups in total. The van der Waals surface area contributed by atoms with Crippen molar-refractivity contribution in [3.05, 3.63) is 47.0 Å². The standard InChI is InChI=1S/C16H22N4/c1-12-3-4-14(9-13(12)2)10-20-7-5-15(6-8-20)16-17-11-18-19-16/h3-4,9,11,15H,5-8,10H2,1-2H3,(H,17,18,19). The zero-order valence-electron chi connectivity index (χ0n) is 12.3. The highest BCUT2D eigenvalue weighted by Gasteiger charge is 2.22. The number of benzene rings is 1. The van der Waals surface area contributed by atoms with Crippen LogP contribution in [0.2, 0.25) is 0 Å². The highest BCUT2D eigenvalue weighted by atomic mass is 15.2. The Morgan fingerprint density at radius 1 is 1.20 bits per heavy atom. The summed E-state index contributed by atoms with van der Waals surface area (Å²) in [5.74, 6) is 1.60. The highest BCUT2D eigenvalue weighted by molar-refractivity contribution is 5.29. The highest BCUT2D eigenvalue weighted by Crippen LogP contribution is 2.26. The Morgan fingerprint density at radius 3 is 2.65 bits per heavy atom. The lowest BCUT2D eigenvalue weighted by Crippen LogP contribution is -2.32. The second kappa shape index (κ2) is 5.75. The van der Waals surface area contributed by atoms with Crippen molar-refractivity contribution >= 4 is 0 Å². The topological polar surface area (TPSA) is 44.8 Å². The molecule has 4 heteroatoms. The maximum atomic E-state index is 4.29. The summed E-state index contributed by atoms with van der Waals surface area (Å²) >= 11 is 0. The molecule has 1 aliphatic heterocycles. The Kier molecular flexibility index (Phi) is 3.83. The SMILES string of the molecule is Cc1ccc(CN2CCC(c3ncn[nH]3)CC2)cc1C. The third kappa shape index (κ3) is 2.90. The summed E-state index contributed by atoms with van der Waals surface area (Å²) in [6.07, 6.45) is 3.94. The van der Waals surface area contributed by atoms with Gasteiger partial charge in [-0.25, -0.2) is 4.98 Å². The lowest BCUT2D eigenvalue weighted by Gasteiger charge is -2.31. The first-order chi connectivity index (χ1) is 9.72. The Balaban J connectivity index is 1.57. The van der Waals surface area contributed by atoms with E-state index in [0.717, 1.165) is 25.5 Å². The molecule has 1 aromatic carbocycles. The normalized spacial score (nSPS) is 17.5. The number of nitrogens with zero attached hydrogens (tertiary/aromatic N) is 3. The van der Waals surface area contributed by atoms with Gasteiger partial charge in [-0.05, 0) is 56.5 Å². The molecule has 20 heavy (non-hydrogen) atoms. The minimum absolute atomic E-state index is 0.550. The van der Waals surface area contributed by atoms with Crippen LogP contribution in [0.5, 0.6) is 0 Å². The molecule has 0 aliphatic carbocycles. The Labute approximate surface area is 120 Å². The van der Waals surface area contributed by atoms with Gasteiger partial charge in [0.15, 0.2) is 0 Å². The molecule has 4 nitrogen and oxygen atoms in total. The first kappa shape index (κ1) is 13.3. The quantitative estimate of drug-likeness (QED) is 0.932. The summed E-state index contributed by atoms with van der Waals surface area (Å²) < 4.78 is 0. The van der Waals surface area contributed by atoms with Crippen molar-refractivity contribution in [2.24, 2.45) is 0 Å². The van der Waals surface area contributed by atoms with E-state index in [1.807, 2.05) is 0 Å². The van der Waals surface area contributed by atoms with Crippen LogP contribution < -0.4 is 0 Å². The smallest absolute Gasteiger partial charge is 0.137 e. The molecule has 106 valence electrons. The van der Waals surface area contributed by atoms with Crippen molar-refractivity contribution in [3.8, 4) is 0 Å². The van der Waals surface area contributed by atoms with E-state index in [4.69, 9.17) is 0 Å². The van der Waals surface area contributed by atoms with Crippen molar-refractivity contribution in [1.82, 2.24) is 20.1 Å². The Bertz CT molecular complexity index is 554. The molecule has 0 spiro atoms. The van der Waals surface area contributed by atoms with Crippen LogP contribution in [0.4, 0.5) is 0 Å². The van der Waals surface area contributed by atoms with Crippen LogP contribution >= 0.6 is 0 Å². The summed E-state index contributed by atoms with van der Waals surface area (Å²) in [4.78, 5) is 6.82. The number of hydrogen-bond donors (Lipinski definition) is 1. The zero-order chi connectivity index (χ0) is 13.9. The fraction of sp³-hybridized carbons (Fsp3) is 0.500. The minimum atomic E-state index is 0.550. The number of H-pyrrole nitrogens is 1. The van der Waals surface area contributed by atoms with Gasteiger partial charge in [0, 0.05) is 12.5 Å². The first-order valence-electron chi connectivity index (χ1n) is 7.36. The molecule has 0 saturated carbocycles. The number of rotatable bonds is 3. The second-order valence-electron chi connectivity index (χ2n) is 5.84. The molecule has 1 aromatic heterocycles. The van der Waals surface area contributed by atoms with Crippen molar-refractivity contribution in [1.29, 1.82) is 0 Å². The van der Waals surface area contributed by atoms with E-state index in [1.165, 1.54) is 29.5 Å². The van der Waals surface area contributed by atoms with Crippen LogP contribution in [0.15, 0.2) is 24.5 Å². The fourth-order valence-corrected chi connectivity index (χ4v) is 2.94. The maximum absolute atomic E-state index is 4.29. The molecular formula is C16H22N4. The summed E-state index contributed by atoms with van der Waals surface area (Å²) in [5, 5.41) is 6.96. The third-order valence-corrected chi connectivity index (χ3v) is 4.39. The van der Waals surface area contributed by atoms with E-state index in [-0.39, 0.29) is 0 Å². The molecule has 1 aliphatic rings. The fourth-order valence-electron chi connectivity index (χ4n) is 2.94. The van der Waals surface area contributed by atoms with E-state index < -0.39 is 0 Å². The van der Waals surface area contributed by atoms with E-state index in [1.54, 1.807) is 6.33 Å². The van der Waals surface area contributed by atoms with Gasteiger partial charge in [-0.1, -0.05) is 18.2 Å². The number of aromatic amines is 1. The van der Waals surface area contributed by atoms with Crippen LogP contribution in [-0.4, -0.2) is 33.2 Å². The van der Waals surface area contributed by atoms with Gasteiger partial charge in [-0.15, -0.1) is 0 Å². The van der Waals surface area contributed by atoms with Crippen LogP contribution in [-0.2, 0) is 6.54 Å².